The first kappa shape index (κ1) is 19.6. The summed E-state index contributed by atoms with van der Waals surface area (Å²) in [6.45, 7) is 4.24. The number of hydrogen-bond donors (Lipinski definition) is 3. The molecule has 1 aliphatic heterocycles. The molecule has 1 heterocycles. The van der Waals surface area contributed by atoms with Gasteiger partial charge in [-0.1, -0.05) is 26.0 Å². The zero-order valence-electron chi connectivity index (χ0n) is 16.4. The maximum absolute atomic E-state index is 12.5. The third-order valence-corrected chi connectivity index (χ3v) is 7.05. The lowest BCUT2D eigenvalue weighted by Crippen LogP contribution is -2.35. The number of rotatable bonds is 5. The fourth-order valence-corrected chi connectivity index (χ4v) is 4.90. The normalized spacial score (nSPS) is 20.8. The number of nitrogens with one attached hydrogen (secondary N) is 2. The Labute approximate surface area is 172 Å². The topological polar surface area (TPSA) is 95.5 Å². The number of benzene rings is 2. The summed E-state index contributed by atoms with van der Waals surface area (Å²) in [7, 11) is -1.32. The molecule has 2 aromatic carbocycles. The van der Waals surface area contributed by atoms with E-state index in [1.807, 2.05) is 18.2 Å². The third kappa shape index (κ3) is 4.05. The number of fused-ring (bicyclic) bond motifs is 1. The lowest BCUT2D eigenvalue weighted by Gasteiger charge is -2.41. The van der Waals surface area contributed by atoms with Gasteiger partial charge in [0.1, 0.15) is 11.0 Å². The van der Waals surface area contributed by atoms with Crippen molar-refractivity contribution in [3.05, 3.63) is 64.7 Å². The van der Waals surface area contributed by atoms with Crippen LogP contribution in [0.2, 0.25) is 0 Å². The number of carboxylic acid groups (broad SMARTS) is 1. The molecule has 1 saturated carbocycles. The summed E-state index contributed by atoms with van der Waals surface area (Å²) in [4.78, 5) is 23.8. The van der Waals surface area contributed by atoms with Crippen molar-refractivity contribution in [2.45, 2.75) is 44.4 Å². The molecule has 0 saturated heterocycles. The molecule has 2 unspecified atom stereocenters. The Morgan fingerprint density at radius 2 is 1.90 bits per heavy atom. The largest absolute Gasteiger partial charge is 0.478 e. The van der Waals surface area contributed by atoms with Gasteiger partial charge in [0.15, 0.2) is 0 Å². The molecular weight excluding hydrogens is 388 g/mol. The summed E-state index contributed by atoms with van der Waals surface area (Å²) >= 11 is 0. The van der Waals surface area contributed by atoms with Gasteiger partial charge in [-0.25, -0.2) is 9.00 Å². The van der Waals surface area contributed by atoms with Gasteiger partial charge in [-0.2, -0.15) is 0 Å². The average Bonchev–Trinajstić information content (AvgIpc) is 3.51. The van der Waals surface area contributed by atoms with E-state index in [2.05, 4.69) is 23.9 Å². The van der Waals surface area contributed by atoms with Gasteiger partial charge >= 0.3 is 5.97 Å². The highest BCUT2D eigenvalue weighted by atomic mass is 32.2. The summed E-state index contributed by atoms with van der Waals surface area (Å²) in [6.07, 6.45) is 2.51. The van der Waals surface area contributed by atoms with E-state index in [1.54, 1.807) is 24.3 Å². The summed E-state index contributed by atoms with van der Waals surface area (Å²) in [5.41, 5.74) is 3.41. The third-order valence-electron chi connectivity index (χ3n) is 5.58. The molecule has 2 atom stereocenters. The minimum absolute atomic E-state index is 0.0487. The monoisotopic (exact) mass is 412 g/mol. The first-order chi connectivity index (χ1) is 13.7. The molecule has 0 spiro atoms. The Kier molecular flexibility index (Phi) is 4.94. The molecule has 0 aromatic heterocycles. The molecule has 2 aliphatic rings. The van der Waals surface area contributed by atoms with Crippen LogP contribution in [0.15, 0.2) is 42.5 Å². The first-order valence-electron chi connectivity index (χ1n) is 9.69. The molecule has 4 rings (SSSR count). The van der Waals surface area contributed by atoms with Gasteiger partial charge in [0, 0.05) is 11.3 Å². The van der Waals surface area contributed by atoms with Crippen LogP contribution in [-0.4, -0.2) is 26.4 Å². The molecular formula is C22H24N2O4S. The van der Waals surface area contributed by atoms with Crippen LogP contribution in [0.4, 0.5) is 5.69 Å². The SMILES string of the molecule is CC1(C)Cc2cc(C(=O)O)ccc2NC1c1cccc(C(=O)NS(=O)C2CC2)c1. The molecule has 29 heavy (non-hydrogen) atoms. The fourth-order valence-electron chi connectivity index (χ4n) is 3.87. The van der Waals surface area contributed by atoms with Crippen LogP contribution in [0.5, 0.6) is 0 Å². The number of carbonyl (C=O) groups is 2. The van der Waals surface area contributed by atoms with E-state index in [9.17, 15) is 18.9 Å². The zero-order valence-corrected chi connectivity index (χ0v) is 17.2. The molecule has 1 amide bonds. The Hall–Kier alpha value is -2.67. The minimum Gasteiger partial charge on any atom is -0.478 e. The lowest BCUT2D eigenvalue weighted by atomic mass is 9.72. The second-order valence-electron chi connectivity index (χ2n) is 8.47. The summed E-state index contributed by atoms with van der Waals surface area (Å²) in [6, 6.07) is 12.5. The van der Waals surface area contributed by atoms with Crippen LogP contribution in [0.3, 0.4) is 0 Å². The molecule has 7 heteroatoms. The van der Waals surface area contributed by atoms with Crippen molar-refractivity contribution in [2.75, 3.05) is 5.32 Å². The van der Waals surface area contributed by atoms with Crippen LogP contribution in [0.1, 0.15) is 64.6 Å². The van der Waals surface area contributed by atoms with E-state index in [0.717, 1.165) is 29.7 Å². The average molecular weight is 413 g/mol. The highest BCUT2D eigenvalue weighted by molar-refractivity contribution is 7.84. The van der Waals surface area contributed by atoms with Gasteiger partial charge in [-0.15, -0.1) is 0 Å². The standard InChI is InChI=1S/C22H24N2O4S/c1-22(2)12-16-11-15(21(26)27)6-9-18(16)23-19(22)13-4-3-5-14(10-13)20(25)24-29(28)17-7-8-17/h3-6,9-11,17,19,23H,7-8,12H2,1-2H3,(H,24,25)(H,26,27). The molecule has 1 fully saturated rings. The predicted octanol–water partition coefficient (Wildman–Crippen LogP) is 3.68. The number of carboxylic acids is 1. The highest BCUT2D eigenvalue weighted by Crippen LogP contribution is 2.45. The second-order valence-corrected chi connectivity index (χ2v) is 9.94. The molecule has 0 radical (unpaired) electrons. The van der Waals surface area contributed by atoms with Crippen molar-refractivity contribution >= 4 is 28.5 Å². The van der Waals surface area contributed by atoms with Crippen molar-refractivity contribution < 1.29 is 18.9 Å². The van der Waals surface area contributed by atoms with E-state index < -0.39 is 17.0 Å². The summed E-state index contributed by atoms with van der Waals surface area (Å²) < 4.78 is 14.6. The Balaban J connectivity index is 1.60. The maximum Gasteiger partial charge on any atom is 0.335 e. The van der Waals surface area contributed by atoms with Gasteiger partial charge in [0.25, 0.3) is 5.91 Å². The van der Waals surface area contributed by atoms with Crippen LogP contribution < -0.4 is 10.0 Å². The van der Waals surface area contributed by atoms with E-state index >= 15 is 0 Å². The predicted molar refractivity (Wildman–Crippen MR) is 112 cm³/mol. The van der Waals surface area contributed by atoms with Gasteiger partial charge in [-0.05, 0) is 66.1 Å². The zero-order chi connectivity index (χ0) is 20.8. The molecule has 1 aliphatic carbocycles. The molecule has 6 nitrogen and oxygen atoms in total. The van der Waals surface area contributed by atoms with E-state index in [4.69, 9.17) is 0 Å². The van der Waals surface area contributed by atoms with Crippen LogP contribution in [0, 0.1) is 5.41 Å². The van der Waals surface area contributed by atoms with Gasteiger partial charge in [-0.3, -0.25) is 9.52 Å². The number of aromatic carboxylic acids is 1. The van der Waals surface area contributed by atoms with Crippen molar-refractivity contribution in [3.63, 3.8) is 0 Å². The van der Waals surface area contributed by atoms with Crippen LogP contribution in [-0.2, 0) is 17.4 Å². The van der Waals surface area contributed by atoms with Crippen LogP contribution in [0.25, 0.3) is 0 Å². The lowest BCUT2D eigenvalue weighted by molar-refractivity contribution is 0.0696. The number of anilines is 1. The number of hydrogen-bond acceptors (Lipinski definition) is 4. The smallest absolute Gasteiger partial charge is 0.335 e. The maximum atomic E-state index is 12.5. The van der Waals surface area contributed by atoms with E-state index in [0.29, 0.717) is 12.0 Å². The Morgan fingerprint density at radius 3 is 2.59 bits per heavy atom. The highest BCUT2D eigenvalue weighted by Gasteiger charge is 2.36. The number of amides is 1. The second kappa shape index (κ2) is 7.30. The van der Waals surface area contributed by atoms with Gasteiger partial charge in [0.05, 0.1) is 16.9 Å². The fraction of sp³-hybridized carbons (Fsp3) is 0.364. The van der Waals surface area contributed by atoms with Gasteiger partial charge < -0.3 is 10.4 Å². The molecule has 2 aromatic rings. The Morgan fingerprint density at radius 1 is 1.14 bits per heavy atom. The van der Waals surface area contributed by atoms with Gasteiger partial charge in [0.2, 0.25) is 0 Å². The van der Waals surface area contributed by atoms with E-state index in [1.165, 1.54) is 0 Å². The van der Waals surface area contributed by atoms with Crippen molar-refractivity contribution in [3.8, 4) is 0 Å². The van der Waals surface area contributed by atoms with Crippen molar-refractivity contribution in [1.29, 1.82) is 0 Å². The van der Waals surface area contributed by atoms with Crippen LogP contribution >= 0.6 is 0 Å². The van der Waals surface area contributed by atoms with Crippen molar-refractivity contribution in [2.24, 2.45) is 5.41 Å². The number of carbonyl (C=O) groups excluding carboxylic acids is 1. The summed E-state index contributed by atoms with van der Waals surface area (Å²) in [5.74, 6) is -1.26. The van der Waals surface area contributed by atoms with Crippen molar-refractivity contribution in [1.82, 2.24) is 4.72 Å². The van der Waals surface area contributed by atoms with E-state index in [-0.39, 0.29) is 28.2 Å². The first-order valence-corrected chi connectivity index (χ1v) is 10.9. The molecule has 0 bridgehead atoms. The molecule has 152 valence electrons. The quantitative estimate of drug-likeness (QED) is 0.696. The molecule has 3 N–H and O–H groups in total. The summed E-state index contributed by atoms with van der Waals surface area (Å²) in [5, 5.41) is 12.9. The Bertz CT molecular complexity index is 1010. The minimum atomic E-state index is -1.32.